The van der Waals surface area contributed by atoms with Crippen molar-refractivity contribution in [1.82, 2.24) is 15.2 Å². The van der Waals surface area contributed by atoms with Crippen molar-refractivity contribution >= 4 is 22.2 Å². The summed E-state index contributed by atoms with van der Waals surface area (Å²) in [6.45, 7) is 0. The van der Waals surface area contributed by atoms with Crippen molar-refractivity contribution in [2.45, 2.75) is 11.3 Å². The number of carbonyl (C=O) groups is 1. The largest absolute Gasteiger partial charge is 0.497 e. The quantitative estimate of drug-likeness (QED) is 0.219. The number of amides is 1. The summed E-state index contributed by atoms with van der Waals surface area (Å²) in [5, 5.41) is 8.15. The number of rotatable bonds is 9. The van der Waals surface area contributed by atoms with E-state index in [2.05, 4.69) is 15.6 Å². The van der Waals surface area contributed by atoms with Gasteiger partial charge in [0.1, 0.15) is 16.4 Å². The van der Waals surface area contributed by atoms with Gasteiger partial charge < -0.3 is 8.92 Å². The molecule has 9 nitrogen and oxygen atoms in total. The molecule has 0 aliphatic carbocycles. The molecule has 0 bridgehead atoms. The lowest BCUT2D eigenvalue weighted by Crippen LogP contribution is -2.20. The van der Waals surface area contributed by atoms with Gasteiger partial charge in [0.05, 0.1) is 25.4 Å². The van der Waals surface area contributed by atoms with Gasteiger partial charge in [0.25, 0.3) is 0 Å². The molecule has 0 unspecified atom stereocenters. The minimum atomic E-state index is -4.18. The maximum absolute atomic E-state index is 13.0. The molecular formula is C25H22N4O5S. The Balaban J connectivity index is 1.58. The molecule has 0 saturated heterocycles. The second kappa shape index (κ2) is 10.7. The molecule has 0 radical (unpaired) electrons. The number of hydrazone groups is 1. The first-order chi connectivity index (χ1) is 16.9. The molecule has 0 spiro atoms. The smallest absolute Gasteiger partial charge is 0.339 e. The molecule has 35 heavy (non-hydrogen) atoms. The Labute approximate surface area is 202 Å². The molecule has 4 rings (SSSR count). The third-order valence-corrected chi connectivity index (χ3v) is 6.19. The maximum atomic E-state index is 13.0. The Kier molecular flexibility index (Phi) is 7.22. The number of carbonyl (C=O) groups excluding carboxylic acids is 1. The number of para-hydroxylation sites is 1. The van der Waals surface area contributed by atoms with Crippen molar-refractivity contribution < 1.29 is 22.1 Å². The summed E-state index contributed by atoms with van der Waals surface area (Å²) in [5.74, 6) is 0.448. The average molecular weight is 491 g/mol. The van der Waals surface area contributed by atoms with Crippen molar-refractivity contribution in [3.63, 3.8) is 0 Å². The average Bonchev–Trinajstić information content (AvgIpc) is 3.39. The molecule has 0 saturated carbocycles. The fraction of sp³-hybridized carbons (Fsp3) is 0.0800. The molecule has 0 aliphatic heterocycles. The molecule has 1 heterocycles. The molecule has 1 N–H and O–H groups in total. The van der Waals surface area contributed by atoms with Crippen LogP contribution in [-0.4, -0.2) is 37.4 Å². The van der Waals surface area contributed by atoms with E-state index in [9.17, 15) is 13.2 Å². The van der Waals surface area contributed by atoms with Gasteiger partial charge in [0.2, 0.25) is 5.91 Å². The molecule has 1 amide bonds. The SMILES string of the molecule is COc1cccc(CC(=O)NN=Cc2cc(-n3cccn3)ccc2S(=O)(=O)Oc2ccccc2)c1. The fourth-order valence-electron chi connectivity index (χ4n) is 3.26. The molecule has 0 aliphatic rings. The van der Waals surface area contributed by atoms with Gasteiger partial charge in [-0.1, -0.05) is 30.3 Å². The lowest BCUT2D eigenvalue weighted by Gasteiger charge is -2.11. The highest BCUT2D eigenvalue weighted by Gasteiger charge is 2.21. The van der Waals surface area contributed by atoms with Crippen LogP contribution in [0.4, 0.5) is 0 Å². The summed E-state index contributed by atoms with van der Waals surface area (Å²) in [6.07, 6.45) is 4.67. The first kappa shape index (κ1) is 23.7. The van der Waals surface area contributed by atoms with Gasteiger partial charge in [-0.3, -0.25) is 4.79 Å². The van der Waals surface area contributed by atoms with E-state index < -0.39 is 10.1 Å². The van der Waals surface area contributed by atoms with E-state index in [1.807, 2.05) is 0 Å². The van der Waals surface area contributed by atoms with E-state index in [1.54, 1.807) is 97.0 Å². The van der Waals surface area contributed by atoms with Crippen molar-refractivity contribution in [2.75, 3.05) is 7.11 Å². The number of hydrogen-bond acceptors (Lipinski definition) is 7. The van der Waals surface area contributed by atoms with Crippen LogP contribution >= 0.6 is 0 Å². The summed E-state index contributed by atoms with van der Waals surface area (Å²) in [6, 6.07) is 21.7. The molecular weight excluding hydrogens is 468 g/mol. The molecule has 10 heteroatoms. The third-order valence-electron chi connectivity index (χ3n) is 4.87. The number of ether oxygens (including phenoxy) is 1. The van der Waals surface area contributed by atoms with Gasteiger partial charge in [0, 0.05) is 18.0 Å². The van der Waals surface area contributed by atoms with Gasteiger partial charge >= 0.3 is 10.1 Å². The van der Waals surface area contributed by atoms with Crippen LogP contribution in [0.25, 0.3) is 5.69 Å². The summed E-state index contributed by atoms with van der Waals surface area (Å²) in [7, 11) is -2.63. The molecule has 0 fully saturated rings. The number of methoxy groups -OCH3 is 1. The van der Waals surface area contributed by atoms with Gasteiger partial charge in [-0.25, -0.2) is 10.1 Å². The predicted molar refractivity (Wildman–Crippen MR) is 130 cm³/mol. The van der Waals surface area contributed by atoms with Crippen LogP contribution in [0, 0.1) is 0 Å². The van der Waals surface area contributed by atoms with Gasteiger partial charge in [-0.05, 0) is 54.1 Å². The number of aromatic nitrogens is 2. The molecule has 4 aromatic rings. The van der Waals surface area contributed by atoms with Gasteiger partial charge in [-0.15, -0.1) is 0 Å². The monoisotopic (exact) mass is 490 g/mol. The van der Waals surface area contributed by atoms with E-state index in [-0.39, 0.29) is 28.5 Å². The van der Waals surface area contributed by atoms with Crippen LogP contribution in [-0.2, 0) is 21.3 Å². The van der Waals surface area contributed by atoms with Crippen LogP contribution < -0.4 is 14.3 Å². The highest BCUT2D eigenvalue weighted by molar-refractivity contribution is 7.87. The van der Waals surface area contributed by atoms with Gasteiger partial charge in [-0.2, -0.15) is 18.6 Å². The zero-order chi connectivity index (χ0) is 24.7. The Bertz CT molecular complexity index is 1440. The van der Waals surface area contributed by atoms with Crippen LogP contribution in [0.2, 0.25) is 0 Å². The second-order valence-corrected chi connectivity index (χ2v) is 8.86. The number of hydrogen-bond donors (Lipinski definition) is 1. The van der Waals surface area contributed by atoms with Gasteiger partial charge in [0.15, 0.2) is 0 Å². The minimum Gasteiger partial charge on any atom is -0.497 e. The van der Waals surface area contributed by atoms with Crippen molar-refractivity contribution in [3.8, 4) is 17.2 Å². The summed E-state index contributed by atoms with van der Waals surface area (Å²) in [4.78, 5) is 12.2. The fourth-order valence-corrected chi connectivity index (χ4v) is 4.35. The zero-order valence-corrected chi connectivity index (χ0v) is 19.6. The van der Waals surface area contributed by atoms with Crippen molar-refractivity contribution in [2.24, 2.45) is 5.10 Å². The maximum Gasteiger partial charge on any atom is 0.339 e. The predicted octanol–water partition coefficient (Wildman–Crippen LogP) is 3.34. The van der Waals surface area contributed by atoms with Crippen LogP contribution in [0.1, 0.15) is 11.1 Å². The lowest BCUT2D eigenvalue weighted by molar-refractivity contribution is -0.120. The summed E-state index contributed by atoms with van der Waals surface area (Å²) >= 11 is 0. The van der Waals surface area contributed by atoms with E-state index in [4.69, 9.17) is 8.92 Å². The summed E-state index contributed by atoms with van der Waals surface area (Å²) < 4.78 is 38.0. The molecule has 3 aromatic carbocycles. The standard InChI is InChI=1S/C25H22N4O5S/c1-33-23-10-5-7-19(15-23)16-25(30)28-26-18-20-17-21(29-14-6-13-27-29)11-12-24(20)35(31,32)34-22-8-3-2-4-9-22/h2-15,17-18H,16H2,1H3,(H,28,30). The topological polar surface area (TPSA) is 112 Å². The second-order valence-electron chi connectivity index (χ2n) is 7.34. The first-order valence-corrected chi connectivity index (χ1v) is 11.9. The van der Waals surface area contributed by atoms with E-state index in [0.29, 0.717) is 11.4 Å². The van der Waals surface area contributed by atoms with E-state index in [1.165, 1.54) is 12.3 Å². The number of nitrogens with one attached hydrogen (secondary N) is 1. The number of nitrogens with zero attached hydrogens (tertiary/aromatic N) is 3. The zero-order valence-electron chi connectivity index (χ0n) is 18.7. The molecule has 178 valence electrons. The molecule has 1 aromatic heterocycles. The third kappa shape index (κ3) is 6.12. The Hall–Kier alpha value is -4.44. The van der Waals surface area contributed by atoms with E-state index >= 15 is 0 Å². The Morgan fingerprint density at radius 3 is 2.57 bits per heavy atom. The minimum absolute atomic E-state index is 0.0736. The molecule has 0 atom stereocenters. The van der Waals surface area contributed by atoms with Crippen molar-refractivity contribution in [1.29, 1.82) is 0 Å². The lowest BCUT2D eigenvalue weighted by atomic mass is 10.1. The highest BCUT2D eigenvalue weighted by Crippen LogP contribution is 2.23. The summed E-state index contributed by atoms with van der Waals surface area (Å²) in [5.41, 5.74) is 4.01. The number of benzene rings is 3. The Morgan fingerprint density at radius 1 is 1.03 bits per heavy atom. The van der Waals surface area contributed by atoms with Crippen LogP contribution in [0.5, 0.6) is 11.5 Å². The van der Waals surface area contributed by atoms with Crippen LogP contribution in [0.3, 0.4) is 0 Å². The normalized spacial score (nSPS) is 11.3. The Morgan fingerprint density at radius 2 is 1.83 bits per heavy atom. The first-order valence-electron chi connectivity index (χ1n) is 10.5. The van der Waals surface area contributed by atoms with Crippen molar-refractivity contribution in [3.05, 3.63) is 102 Å². The highest BCUT2D eigenvalue weighted by atomic mass is 32.2. The van der Waals surface area contributed by atoms with Crippen LogP contribution in [0.15, 0.2) is 101 Å². The van der Waals surface area contributed by atoms with E-state index in [0.717, 1.165) is 5.56 Å².